The van der Waals surface area contributed by atoms with Crippen LogP contribution in [-0.4, -0.2) is 15.2 Å². The maximum Gasteiger partial charge on any atom is 0.283 e. The van der Waals surface area contributed by atoms with Crippen molar-refractivity contribution >= 4 is 33.5 Å². The van der Waals surface area contributed by atoms with Crippen LogP contribution >= 0.6 is 27.7 Å². The molecule has 0 saturated carbocycles. The van der Waals surface area contributed by atoms with E-state index >= 15 is 0 Å². The van der Waals surface area contributed by atoms with Crippen molar-refractivity contribution in [3.8, 4) is 11.7 Å². The highest BCUT2D eigenvalue weighted by atomic mass is 79.9. The Morgan fingerprint density at radius 2 is 2.05 bits per heavy atom. The Bertz CT molecular complexity index is 710. The lowest BCUT2D eigenvalue weighted by molar-refractivity contribution is 0.486. The molecule has 0 bridgehead atoms. The second-order valence-corrected chi connectivity index (χ2v) is 5.64. The highest BCUT2D eigenvalue weighted by Crippen LogP contribution is 2.26. The third-order valence-electron chi connectivity index (χ3n) is 2.37. The van der Waals surface area contributed by atoms with Crippen molar-refractivity contribution < 1.29 is 8.83 Å². The molecule has 20 heavy (non-hydrogen) atoms. The third-order valence-corrected chi connectivity index (χ3v) is 3.76. The van der Waals surface area contributed by atoms with Crippen molar-refractivity contribution in [2.45, 2.75) is 10.6 Å². The first-order chi connectivity index (χ1) is 9.70. The number of anilines is 1. The number of thioether (sulfide) groups is 1. The smallest absolute Gasteiger partial charge is 0.283 e. The molecule has 0 aliphatic rings. The van der Waals surface area contributed by atoms with E-state index in [1.807, 2.05) is 6.07 Å². The van der Waals surface area contributed by atoms with E-state index < -0.39 is 0 Å². The van der Waals surface area contributed by atoms with Gasteiger partial charge in [-0.3, -0.25) is 0 Å². The molecule has 0 unspecified atom stereocenters. The molecule has 3 aromatic heterocycles. The van der Waals surface area contributed by atoms with Gasteiger partial charge in [0.1, 0.15) is 5.82 Å². The zero-order valence-corrected chi connectivity index (χ0v) is 12.5. The van der Waals surface area contributed by atoms with Gasteiger partial charge in [0.2, 0.25) is 5.89 Å². The van der Waals surface area contributed by atoms with Gasteiger partial charge in [0.15, 0.2) is 10.4 Å². The van der Waals surface area contributed by atoms with Gasteiger partial charge in [-0.25, -0.2) is 4.98 Å². The Labute approximate surface area is 126 Å². The summed E-state index contributed by atoms with van der Waals surface area (Å²) in [5.41, 5.74) is 5.53. The molecular weight excluding hydrogens is 344 g/mol. The van der Waals surface area contributed by atoms with E-state index in [1.165, 1.54) is 0 Å². The van der Waals surface area contributed by atoms with Gasteiger partial charge in [-0.1, -0.05) is 0 Å². The summed E-state index contributed by atoms with van der Waals surface area (Å²) >= 11 is 4.77. The largest absolute Gasteiger partial charge is 0.444 e. The Morgan fingerprint density at radius 1 is 1.15 bits per heavy atom. The number of nitrogens with two attached hydrogens (primary N) is 1. The molecular formula is C12H9BrN4O2S. The van der Waals surface area contributed by atoms with Gasteiger partial charge in [0.25, 0.3) is 5.89 Å². The Balaban J connectivity index is 1.67. The number of aromatic nitrogens is 3. The minimum absolute atomic E-state index is 0.363. The SMILES string of the molecule is Nc1ccc(SCc2nnc(-c3ccc(Br)o3)o2)cn1. The molecule has 8 heteroatoms. The zero-order chi connectivity index (χ0) is 13.9. The number of furan rings is 1. The Kier molecular flexibility index (Phi) is 3.75. The van der Waals surface area contributed by atoms with Gasteiger partial charge in [0, 0.05) is 11.1 Å². The summed E-state index contributed by atoms with van der Waals surface area (Å²) in [5.74, 6) is 2.48. The second kappa shape index (κ2) is 5.68. The van der Waals surface area contributed by atoms with Crippen LogP contribution < -0.4 is 5.73 Å². The number of hydrogen-bond donors (Lipinski definition) is 1. The summed E-state index contributed by atoms with van der Waals surface area (Å²) in [6.45, 7) is 0. The number of nitrogen functional groups attached to an aromatic ring is 1. The van der Waals surface area contributed by atoms with E-state index in [2.05, 4.69) is 31.1 Å². The fourth-order valence-electron chi connectivity index (χ4n) is 1.46. The summed E-state index contributed by atoms with van der Waals surface area (Å²) in [5, 5.41) is 7.92. The highest BCUT2D eigenvalue weighted by Gasteiger charge is 2.12. The second-order valence-electron chi connectivity index (χ2n) is 3.81. The number of pyridine rings is 1. The predicted molar refractivity (Wildman–Crippen MR) is 77.9 cm³/mol. The van der Waals surface area contributed by atoms with Crippen molar-refractivity contribution in [1.29, 1.82) is 0 Å². The van der Waals surface area contributed by atoms with Crippen LogP contribution in [0.5, 0.6) is 0 Å². The summed E-state index contributed by atoms with van der Waals surface area (Å²) in [4.78, 5) is 5.00. The van der Waals surface area contributed by atoms with Gasteiger partial charge in [-0.15, -0.1) is 22.0 Å². The molecule has 0 radical (unpaired) electrons. The summed E-state index contributed by atoms with van der Waals surface area (Å²) < 4.78 is 11.5. The quantitative estimate of drug-likeness (QED) is 0.719. The van der Waals surface area contributed by atoms with Crippen molar-refractivity contribution in [1.82, 2.24) is 15.2 Å². The Hall–Kier alpha value is -1.80. The van der Waals surface area contributed by atoms with E-state index in [1.54, 1.807) is 36.2 Å². The van der Waals surface area contributed by atoms with E-state index in [9.17, 15) is 0 Å². The molecule has 6 nitrogen and oxygen atoms in total. The molecule has 102 valence electrons. The first-order valence-electron chi connectivity index (χ1n) is 5.63. The fraction of sp³-hybridized carbons (Fsp3) is 0.0833. The minimum atomic E-state index is 0.363. The van der Waals surface area contributed by atoms with Crippen LogP contribution in [-0.2, 0) is 5.75 Å². The van der Waals surface area contributed by atoms with E-state index in [4.69, 9.17) is 14.6 Å². The molecule has 3 rings (SSSR count). The van der Waals surface area contributed by atoms with Crippen molar-refractivity contribution in [2.75, 3.05) is 5.73 Å². The van der Waals surface area contributed by atoms with Crippen molar-refractivity contribution in [2.24, 2.45) is 0 Å². The average Bonchev–Trinajstić information content (AvgIpc) is 3.07. The Morgan fingerprint density at radius 3 is 2.75 bits per heavy atom. The van der Waals surface area contributed by atoms with Crippen LogP contribution in [0, 0.1) is 0 Å². The first-order valence-corrected chi connectivity index (χ1v) is 7.41. The van der Waals surface area contributed by atoms with Crippen LogP contribution in [0.15, 0.2) is 48.9 Å². The molecule has 0 aromatic carbocycles. The normalized spacial score (nSPS) is 10.8. The van der Waals surface area contributed by atoms with E-state index in [0.29, 0.717) is 33.8 Å². The lowest BCUT2D eigenvalue weighted by Crippen LogP contribution is -1.88. The van der Waals surface area contributed by atoms with Gasteiger partial charge >= 0.3 is 0 Å². The summed E-state index contributed by atoms with van der Waals surface area (Å²) in [6.07, 6.45) is 1.71. The molecule has 0 spiro atoms. The molecule has 0 amide bonds. The monoisotopic (exact) mass is 352 g/mol. The number of halogens is 1. The van der Waals surface area contributed by atoms with Crippen LogP contribution in [0.2, 0.25) is 0 Å². The molecule has 0 aliphatic carbocycles. The molecule has 2 N–H and O–H groups in total. The van der Waals surface area contributed by atoms with Gasteiger partial charge in [-0.05, 0) is 40.2 Å². The van der Waals surface area contributed by atoms with E-state index in [0.717, 1.165) is 4.90 Å². The van der Waals surface area contributed by atoms with Gasteiger partial charge < -0.3 is 14.6 Å². The third kappa shape index (κ3) is 3.02. The molecule has 3 heterocycles. The number of nitrogens with zero attached hydrogens (tertiary/aromatic N) is 3. The standard InChI is InChI=1S/C12H9BrN4O2S/c13-9-3-2-8(18-9)12-17-16-11(19-12)6-20-7-1-4-10(14)15-5-7/h1-5H,6H2,(H2,14,15). The lowest BCUT2D eigenvalue weighted by Gasteiger charge is -1.97. The van der Waals surface area contributed by atoms with Crippen LogP contribution in [0.4, 0.5) is 5.82 Å². The first kappa shape index (κ1) is 13.2. The maximum atomic E-state index is 5.53. The maximum absolute atomic E-state index is 5.53. The van der Waals surface area contributed by atoms with Gasteiger partial charge in [0.05, 0.1) is 5.75 Å². The lowest BCUT2D eigenvalue weighted by atomic mass is 10.5. The topological polar surface area (TPSA) is 91.0 Å². The van der Waals surface area contributed by atoms with Gasteiger partial charge in [-0.2, -0.15) is 0 Å². The van der Waals surface area contributed by atoms with Crippen molar-refractivity contribution in [3.63, 3.8) is 0 Å². The molecule has 0 atom stereocenters. The average molecular weight is 353 g/mol. The van der Waals surface area contributed by atoms with Crippen LogP contribution in [0.1, 0.15) is 5.89 Å². The fourth-order valence-corrected chi connectivity index (χ4v) is 2.47. The molecule has 3 aromatic rings. The van der Waals surface area contributed by atoms with Crippen molar-refractivity contribution in [3.05, 3.63) is 41.0 Å². The van der Waals surface area contributed by atoms with Crippen LogP contribution in [0.25, 0.3) is 11.7 Å². The summed E-state index contributed by atoms with van der Waals surface area (Å²) in [6, 6.07) is 7.18. The number of hydrogen-bond acceptors (Lipinski definition) is 7. The summed E-state index contributed by atoms with van der Waals surface area (Å²) in [7, 11) is 0. The minimum Gasteiger partial charge on any atom is -0.444 e. The highest BCUT2D eigenvalue weighted by molar-refractivity contribution is 9.10. The molecule has 0 fully saturated rings. The number of rotatable bonds is 4. The van der Waals surface area contributed by atoms with Crippen LogP contribution in [0.3, 0.4) is 0 Å². The molecule has 0 saturated heterocycles. The molecule has 0 aliphatic heterocycles. The van der Waals surface area contributed by atoms with E-state index in [-0.39, 0.29) is 0 Å². The predicted octanol–water partition coefficient (Wildman–Crippen LogP) is 3.36. The zero-order valence-electron chi connectivity index (χ0n) is 10.1.